The molecule has 7 heteroatoms. The Balaban J connectivity index is 1.64. The molecule has 7 nitrogen and oxygen atoms in total. The van der Waals surface area contributed by atoms with E-state index in [2.05, 4.69) is 22.5 Å². The average Bonchev–Trinajstić information content (AvgIpc) is 3.06. The second-order valence-corrected chi connectivity index (χ2v) is 8.14. The third-order valence-electron chi connectivity index (χ3n) is 6.05. The number of fused-ring (bicyclic) bond motifs is 1. The Kier molecular flexibility index (Phi) is 4.88. The number of carbonyl (C=O) groups is 2. The molecule has 1 aliphatic heterocycles. The standard InChI is InChI=1S/C22H25N3O4/c1-12-5-4-6-13(7-12)18(26)16-8-14(9-17(24-16)21(28)23-3)20(27)25-19-15-10-29-11-22(15,19)2/h4-9,15,18-19,26H,10-11H2,1-3H3,(H,23,28)(H,25,27)/t15-,18?,19-,22-/m1/s1. The van der Waals surface area contributed by atoms with Crippen LogP contribution in [-0.2, 0) is 4.74 Å². The molecule has 2 aromatic rings. The molecule has 1 aliphatic carbocycles. The van der Waals surface area contributed by atoms with Gasteiger partial charge >= 0.3 is 0 Å². The predicted molar refractivity (Wildman–Crippen MR) is 107 cm³/mol. The number of nitrogens with zero attached hydrogens (tertiary/aromatic N) is 1. The highest BCUT2D eigenvalue weighted by molar-refractivity contribution is 5.99. The molecule has 2 amide bonds. The maximum Gasteiger partial charge on any atom is 0.269 e. The van der Waals surface area contributed by atoms with Gasteiger partial charge in [0.25, 0.3) is 11.8 Å². The van der Waals surface area contributed by atoms with E-state index in [0.29, 0.717) is 30.3 Å². The third kappa shape index (κ3) is 3.52. The van der Waals surface area contributed by atoms with E-state index in [0.717, 1.165) is 5.56 Å². The Morgan fingerprint density at radius 1 is 1.28 bits per heavy atom. The number of carbonyl (C=O) groups excluding carboxylic acids is 2. The lowest BCUT2D eigenvalue weighted by atomic mass is 10.0. The van der Waals surface area contributed by atoms with Crippen molar-refractivity contribution in [2.24, 2.45) is 11.3 Å². The monoisotopic (exact) mass is 395 g/mol. The van der Waals surface area contributed by atoms with E-state index in [4.69, 9.17) is 4.74 Å². The number of nitrogens with one attached hydrogen (secondary N) is 2. The summed E-state index contributed by atoms with van der Waals surface area (Å²) in [6.07, 6.45) is -1.04. The summed E-state index contributed by atoms with van der Waals surface area (Å²) in [4.78, 5) is 29.4. The number of hydrogen-bond donors (Lipinski definition) is 3. The summed E-state index contributed by atoms with van der Waals surface area (Å²) < 4.78 is 5.45. The largest absolute Gasteiger partial charge is 0.382 e. The third-order valence-corrected chi connectivity index (χ3v) is 6.05. The number of benzene rings is 1. The van der Waals surface area contributed by atoms with Gasteiger partial charge in [-0.1, -0.05) is 36.8 Å². The first kappa shape index (κ1) is 19.5. The van der Waals surface area contributed by atoms with Gasteiger partial charge in [0.1, 0.15) is 11.8 Å². The van der Waals surface area contributed by atoms with Crippen LogP contribution >= 0.6 is 0 Å². The summed E-state index contributed by atoms with van der Waals surface area (Å²) in [7, 11) is 1.50. The highest BCUT2D eigenvalue weighted by Crippen LogP contribution is 2.56. The quantitative estimate of drug-likeness (QED) is 0.714. The smallest absolute Gasteiger partial charge is 0.269 e. The van der Waals surface area contributed by atoms with Crippen molar-refractivity contribution in [3.63, 3.8) is 0 Å². The molecule has 4 atom stereocenters. The SMILES string of the molecule is CNC(=O)c1cc(C(=O)N[C@@H]2[C@H]3COC[C@]32C)cc(C(O)c2cccc(C)c2)n1. The number of rotatable bonds is 5. The molecule has 2 heterocycles. The van der Waals surface area contributed by atoms with Crippen molar-refractivity contribution < 1.29 is 19.4 Å². The number of aryl methyl sites for hydroxylation is 1. The fraction of sp³-hybridized carbons (Fsp3) is 0.409. The minimum absolute atomic E-state index is 0.0176. The molecule has 1 saturated heterocycles. The zero-order chi connectivity index (χ0) is 20.8. The van der Waals surface area contributed by atoms with Gasteiger partial charge in [-0.15, -0.1) is 0 Å². The summed E-state index contributed by atoms with van der Waals surface area (Å²) in [5.74, 6) is -0.374. The minimum Gasteiger partial charge on any atom is -0.382 e. The van der Waals surface area contributed by atoms with Crippen LogP contribution in [0, 0.1) is 18.3 Å². The summed E-state index contributed by atoms with van der Waals surface area (Å²) >= 11 is 0. The zero-order valence-electron chi connectivity index (χ0n) is 16.7. The molecule has 1 aromatic carbocycles. The first-order chi connectivity index (χ1) is 13.8. The van der Waals surface area contributed by atoms with Gasteiger partial charge in [-0.05, 0) is 24.6 Å². The van der Waals surface area contributed by atoms with Gasteiger partial charge in [0, 0.05) is 30.0 Å². The van der Waals surface area contributed by atoms with Crippen molar-refractivity contribution in [1.82, 2.24) is 15.6 Å². The van der Waals surface area contributed by atoms with Crippen LogP contribution < -0.4 is 10.6 Å². The molecule has 1 saturated carbocycles. The Morgan fingerprint density at radius 3 is 2.72 bits per heavy atom. The van der Waals surface area contributed by atoms with Gasteiger partial charge in [0.15, 0.2) is 0 Å². The summed E-state index contributed by atoms with van der Waals surface area (Å²) in [5.41, 5.74) is 2.28. The number of amides is 2. The second kappa shape index (κ2) is 7.24. The molecular formula is C22H25N3O4. The Hall–Kier alpha value is -2.77. The van der Waals surface area contributed by atoms with Crippen molar-refractivity contribution >= 4 is 11.8 Å². The van der Waals surface area contributed by atoms with E-state index in [1.807, 2.05) is 25.1 Å². The van der Waals surface area contributed by atoms with Gasteiger partial charge in [0.2, 0.25) is 0 Å². The van der Waals surface area contributed by atoms with Crippen LogP contribution in [0.1, 0.15) is 50.7 Å². The zero-order valence-corrected chi connectivity index (χ0v) is 16.7. The number of aliphatic hydroxyl groups is 1. The fourth-order valence-electron chi connectivity index (χ4n) is 4.12. The van der Waals surface area contributed by atoms with Crippen LogP contribution in [0.25, 0.3) is 0 Å². The van der Waals surface area contributed by atoms with Crippen molar-refractivity contribution in [3.8, 4) is 0 Å². The average molecular weight is 395 g/mol. The Labute approximate surface area is 169 Å². The normalized spacial score (nSPS) is 25.8. The maximum atomic E-state index is 12.9. The number of aromatic nitrogens is 1. The van der Waals surface area contributed by atoms with Gasteiger partial charge in [-0.2, -0.15) is 0 Å². The molecule has 0 radical (unpaired) electrons. The molecule has 29 heavy (non-hydrogen) atoms. The van der Waals surface area contributed by atoms with E-state index in [-0.39, 0.29) is 28.8 Å². The van der Waals surface area contributed by atoms with Crippen LogP contribution in [0.2, 0.25) is 0 Å². The summed E-state index contributed by atoms with van der Waals surface area (Å²) in [5, 5.41) is 16.4. The van der Waals surface area contributed by atoms with Crippen molar-refractivity contribution in [3.05, 3.63) is 64.5 Å². The molecule has 0 spiro atoms. The van der Waals surface area contributed by atoms with E-state index >= 15 is 0 Å². The topological polar surface area (TPSA) is 101 Å². The Bertz CT molecular complexity index is 976. The molecule has 1 aromatic heterocycles. The van der Waals surface area contributed by atoms with Crippen LogP contribution in [0.4, 0.5) is 0 Å². The highest BCUT2D eigenvalue weighted by atomic mass is 16.5. The van der Waals surface area contributed by atoms with E-state index in [9.17, 15) is 14.7 Å². The van der Waals surface area contributed by atoms with Crippen LogP contribution in [-0.4, -0.2) is 48.2 Å². The van der Waals surface area contributed by atoms with Gasteiger partial charge in [0.05, 0.1) is 18.9 Å². The number of pyridine rings is 1. The molecule has 152 valence electrons. The molecule has 1 unspecified atom stereocenters. The van der Waals surface area contributed by atoms with Crippen LogP contribution in [0.3, 0.4) is 0 Å². The first-order valence-corrected chi connectivity index (χ1v) is 9.71. The van der Waals surface area contributed by atoms with E-state index in [1.54, 1.807) is 12.1 Å². The van der Waals surface area contributed by atoms with Crippen LogP contribution in [0.5, 0.6) is 0 Å². The van der Waals surface area contributed by atoms with Gasteiger partial charge < -0.3 is 20.5 Å². The van der Waals surface area contributed by atoms with E-state index in [1.165, 1.54) is 13.1 Å². The van der Waals surface area contributed by atoms with Gasteiger partial charge in [-0.25, -0.2) is 4.98 Å². The number of hydrogen-bond acceptors (Lipinski definition) is 5. The second-order valence-electron chi connectivity index (χ2n) is 8.14. The van der Waals surface area contributed by atoms with E-state index < -0.39 is 12.0 Å². The minimum atomic E-state index is -1.04. The van der Waals surface area contributed by atoms with Crippen LogP contribution in [0.15, 0.2) is 36.4 Å². The molecule has 4 rings (SSSR count). The molecule has 0 bridgehead atoms. The molecular weight excluding hydrogens is 370 g/mol. The summed E-state index contributed by atoms with van der Waals surface area (Å²) in [6.45, 7) is 5.32. The summed E-state index contributed by atoms with van der Waals surface area (Å²) in [6, 6.07) is 10.5. The lowest BCUT2D eigenvalue weighted by molar-refractivity contribution is 0.0913. The van der Waals surface area contributed by atoms with Crippen molar-refractivity contribution in [2.75, 3.05) is 20.3 Å². The van der Waals surface area contributed by atoms with Crippen molar-refractivity contribution in [2.45, 2.75) is 26.0 Å². The lowest BCUT2D eigenvalue weighted by Gasteiger charge is -2.15. The first-order valence-electron chi connectivity index (χ1n) is 9.71. The molecule has 2 fully saturated rings. The number of ether oxygens (including phenoxy) is 1. The van der Waals surface area contributed by atoms with Gasteiger partial charge in [-0.3, -0.25) is 9.59 Å². The lowest BCUT2D eigenvalue weighted by Crippen LogP contribution is -2.32. The molecule has 2 aliphatic rings. The highest BCUT2D eigenvalue weighted by Gasteiger charge is 2.65. The molecule has 3 N–H and O–H groups in total. The fourth-order valence-corrected chi connectivity index (χ4v) is 4.12. The Morgan fingerprint density at radius 2 is 2.07 bits per heavy atom. The number of aliphatic hydroxyl groups excluding tert-OH is 1. The van der Waals surface area contributed by atoms with Crippen molar-refractivity contribution in [1.29, 1.82) is 0 Å². The maximum absolute atomic E-state index is 12.9. The predicted octanol–water partition coefficient (Wildman–Crippen LogP) is 1.60.